The summed E-state index contributed by atoms with van der Waals surface area (Å²) >= 11 is 0. The highest BCUT2D eigenvalue weighted by atomic mass is 28.3. The first-order chi connectivity index (χ1) is 19.2. The molecule has 2 N–H and O–H groups in total. The average molecular weight is 561 g/mol. The molecule has 1 spiro atoms. The summed E-state index contributed by atoms with van der Waals surface area (Å²) in [6.45, 7) is 9.36. The fraction of sp³-hybridized carbons (Fsp3) is 0.548. The van der Waals surface area contributed by atoms with Crippen LogP contribution < -0.4 is 5.73 Å². The number of amides is 1. The van der Waals surface area contributed by atoms with Gasteiger partial charge < -0.3 is 29.4 Å². The van der Waals surface area contributed by atoms with Gasteiger partial charge in [0.05, 0.1) is 42.5 Å². The number of nitrogen functional groups attached to an aromatic ring is 1. The molecular formula is C31H40N4O4Si. The monoisotopic (exact) mass is 560 g/mol. The lowest BCUT2D eigenvalue weighted by Gasteiger charge is -2.37. The summed E-state index contributed by atoms with van der Waals surface area (Å²) in [5.41, 5.74) is 14.1. The molecule has 2 aliphatic heterocycles. The minimum absolute atomic E-state index is 0.0735. The summed E-state index contributed by atoms with van der Waals surface area (Å²) in [7, 11) is 0.639. The molecule has 9 heteroatoms. The molecule has 4 heterocycles. The number of rotatable bonds is 8. The van der Waals surface area contributed by atoms with Gasteiger partial charge in [-0.3, -0.25) is 4.79 Å². The van der Waals surface area contributed by atoms with Gasteiger partial charge in [0.1, 0.15) is 18.2 Å². The van der Waals surface area contributed by atoms with Crippen molar-refractivity contribution in [2.45, 2.75) is 88.9 Å². The fourth-order valence-corrected chi connectivity index (χ4v) is 7.11. The number of pyridine rings is 1. The third-order valence-corrected chi connectivity index (χ3v) is 10.9. The van der Waals surface area contributed by atoms with Crippen LogP contribution in [0, 0.1) is 0 Å². The number of nitrogens with zero attached hydrogens (tertiary/aromatic N) is 3. The Balaban J connectivity index is 1.24. The molecule has 1 atom stereocenters. The quantitative estimate of drug-likeness (QED) is 0.282. The largest absolute Gasteiger partial charge is 0.383 e. The predicted octanol–water partition coefficient (Wildman–Crippen LogP) is 5.67. The molecule has 2 aromatic heterocycles. The minimum atomic E-state index is -1.25. The molecule has 0 unspecified atom stereocenters. The molecule has 2 saturated carbocycles. The van der Waals surface area contributed by atoms with Gasteiger partial charge in [-0.05, 0) is 60.4 Å². The van der Waals surface area contributed by atoms with Gasteiger partial charge >= 0.3 is 0 Å². The second-order valence-electron chi connectivity index (χ2n) is 13.3. The van der Waals surface area contributed by atoms with E-state index in [2.05, 4.69) is 42.8 Å². The highest BCUT2D eigenvalue weighted by molar-refractivity contribution is 6.76. The van der Waals surface area contributed by atoms with Gasteiger partial charge in [-0.15, -0.1) is 0 Å². The lowest BCUT2D eigenvalue weighted by molar-refractivity contribution is -0.0211. The van der Waals surface area contributed by atoms with Crippen LogP contribution in [-0.4, -0.2) is 48.7 Å². The van der Waals surface area contributed by atoms with Crippen molar-refractivity contribution in [1.29, 1.82) is 0 Å². The first kappa shape index (κ1) is 26.2. The van der Waals surface area contributed by atoms with Crippen LogP contribution >= 0.6 is 0 Å². The third-order valence-electron chi connectivity index (χ3n) is 9.19. The first-order valence-corrected chi connectivity index (χ1v) is 18.4. The molecular weight excluding hydrogens is 520 g/mol. The summed E-state index contributed by atoms with van der Waals surface area (Å²) in [6, 6.07) is 9.65. The Morgan fingerprint density at radius 2 is 1.98 bits per heavy atom. The van der Waals surface area contributed by atoms with Gasteiger partial charge in [-0.1, -0.05) is 37.8 Å². The maximum absolute atomic E-state index is 14.3. The number of ether oxygens (including phenoxy) is 3. The Bertz CT molecular complexity index is 1500. The predicted molar refractivity (Wildman–Crippen MR) is 157 cm³/mol. The van der Waals surface area contributed by atoms with Crippen molar-refractivity contribution in [3.63, 3.8) is 0 Å². The summed E-state index contributed by atoms with van der Waals surface area (Å²) in [6.07, 6.45) is 4.65. The average Bonchev–Trinajstić information content (AvgIpc) is 3.83. The number of aromatic nitrogens is 2. The van der Waals surface area contributed by atoms with E-state index in [1.807, 2.05) is 22.6 Å². The second-order valence-corrected chi connectivity index (χ2v) is 19.0. The zero-order valence-electron chi connectivity index (χ0n) is 24.1. The number of hydrogen-bond donors (Lipinski definition) is 1. The van der Waals surface area contributed by atoms with Crippen molar-refractivity contribution in [3.05, 3.63) is 57.8 Å². The Morgan fingerprint density at radius 1 is 1.20 bits per heavy atom. The van der Waals surface area contributed by atoms with Crippen LogP contribution in [0.25, 0.3) is 11.0 Å². The first-order valence-electron chi connectivity index (χ1n) is 14.7. The van der Waals surface area contributed by atoms with E-state index in [1.54, 1.807) is 0 Å². The number of benzene rings is 1. The Labute approximate surface area is 236 Å². The van der Waals surface area contributed by atoms with Crippen LogP contribution in [0.3, 0.4) is 0 Å². The summed E-state index contributed by atoms with van der Waals surface area (Å²) < 4.78 is 20.4. The molecule has 4 aliphatic rings. The Hall–Kier alpha value is -2.72. The van der Waals surface area contributed by atoms with Crippen molar-refractivity contribution >= 4 is 30.8 Å². The van der Waals surface area contributed by atoms with E-state index in [-0.39, 0.29) is 24.3 Å². The van der Waals surface area contributed by atoms with Gasteiger partial charge in [-0.25, -0.2) is 4.98 Å². The standard InChI is InChI=1S/C31H40N4O4Si/c1-34(27-17-39-31(9-10-31)24-13-20(19-5-6-19)7-8-21(24)27)30(36)26-14-25-28(22-15-38-16-23(22)29(32)33-25)35(26)18-37-11-12-40(2,3)4/h7-8,13-14,19,27H,5-6,9-12,15-18H2,1-4H3,(H2,32,33)/t27-/m1/s1. The SMILES string of the molecule is CN(C(=O)c1cc2nc(N)c3c(c2n1COCC[Si](C)(C)C)COC3)[C@@H]1COC2(CC2)c2cc(C3CC3)ccc21. The van der Waals surface area contributed by atoms with Crippen molar-refractivity contribution in [2.75, 3.05) is 26.0 Å². The van der Waals surface area contributed by atoms with Crippen LogP contribution in [0.15, 0.2) is 24.3 Å². The van der Waals surface area contributed by atoms with Crippen molar-refractivity contribution in [3.8, 4) is 0 Å². The summed E-state index contributed by atoms with van der Waals surface area (Å²) in [5.74, 6) is 1.08. The van der Waals surface area contributed by atoms with E-state index in [0.29, 0.717) is 49.4 Å². The molecule has 0 radical (unpaired) electrons. The molecule has 212 valence electrons. The number of carbonyl (C=O) groups is 1. The lowest BCUT2D eigenvalue weighted by atomic mass is 9.89. The number of fused-ring (bicyclic) bond motifs is 5. The molecule has 0 saturated heterocycles. The van der Waals surface area contributed by atoms with Gasteiger partial charge in [0.15, 0.2) is 0 Å². The summed E-state index contributed by atoms with van der Waals surface area (Å²) in [5, 5.41) is 0. The summed E-state index contributed by atoms with van der Waals surface area (Å²) in [4.78, 5) is 20.8. The maximum atomic E-state index is 14.3. The van der Waals surface area contributed by atoms with Crippen LogP contribution in [0.1, 0.15) is 75.9 Å². The molecule has 2 fully saturated rings. The molecule has 3 aromatic rings. The number of hydrogen-bond acceptors (Lipinski definition) is 6. The van der Waals surface area contributed by atoms with Gasteiger partial charge in [-0.2, -0.15) is 0 Å². The van der Waals surface area contributed by atoms with Crippen LogP contribution in [0.2, 0.25) is 25.7 Å². The lowest BCUT2D eigenvalue weighted by Crippen LogP contribution is -2.39. The number of anilines is 1. The molecule has 2 aliphatic carbocycles. The molecule has 7 rings (SSSR count). The van der Waals surface area contributed by atoms with Crippen LogP contribution in [-0.2, 0) is 39.8 Å². The van der Waals surface area contributed by atoms with E-state index >= 15 is 0 Å². The number of nitrogens with two attached hydrogens (primary N) is 1. The topological polar surface area (TPSA) is 91.8 Å². The molecule has 1 amide bonds. The molecule has 0 bridgehead atoms. The van der Waals surface area contributed by atoms with Gasteiger partial charge in [0.25, 0.3) is 5.91 Å². The molecule has 40 heavy (non-hydrogen) atoms. The maximum Gasteiger partial charge on any atom is 0.270 e. The minimum Gasteiger partial charge on any atom is -0.383 e. The smallest absolute Gasteiger partial charge is 0.270 e. The highest BCUT2D eigenvalue weighted by Gasteiger charge is 2.52. The zero-order valence-corrected chi connectivity index (χ0v) is 25.1. The van der Waals surface area contributed by atoms with Crippen molar-refractivity contribution < 1.29 is 19.0 Å². The van der Waals surface area contributed by atoms with E-state index in [9.17, 15) is 4.79 Å². The molecule has 1 aromatic carbocycles. The van der Waals surface area contributed by atoms with E-state index < -0.39 is 8.07 Å². The van der Waals surface area contributed by atoms with E-state index in [0.717, 1.165) is 35.5 Å². The van der Waals surface area contributed by atoms with E-state index in [4.69, 9.17) is 19.9 Å². The normalized spacial score (nSPS) is 21.1. The van der Waals surface area contributed by atoms with Crippen LogP contribution in [0.4, 0.5) is 5.82 Å². The van der Waals surface area contributed by atoms with Gasteiger partial charge in [0.2, 0.25) is 0 Å². The van der Waals surface area contributed by atoms with Crippen molar-refractivity contribution in [1.82, 2.24) is 14.5 Å². The Morgan fingerprint density at radius 3 is 2.70 bits per heavy atom. The highest BCUT2D eigenvalue weighted by Crippen LogP contribution is 2.56. The van der Waals surface area contributed by atoms with Crippen molar-refractivity contribution in [2.24, 2.45) is 0 Å². The second kappa shape index (κ2) is 9.41. The van der Waals surface area contributed by atoms with Gasteiger partial charge in [0, 0.05) is 32.9 Å². The number of likely N-dealkylation sites (N-methyl/N-ethyl adjacent to an activating group) is 1. The third kappa shape index (κ3) is 4.47. The Kier molecular flexibility index (Phi) is 6.16. The fourth-order valence-electron chi connectivity index (χ4n) is 6.35. The molecule has 8 nitrogen and oxygen atoms in total. The number of carbonyl (C=O) groups excluding carboxylic acids is 1. The zero-order chi connectivity index (χ0) is 27.8. The van der Waals surface area contributed by atoms with Crippen LogP contribution in [0.5, 0.6) is 0 Å². The van der Waals surface area contributed by atoms with E-state index in [1.165, 1.54) is 29.5 Å².